The van der Waals surface area contributed by atoms with Crippen molar-refractivity contribution < 1.29 is 57.5 Å². The average Bonchev–Trinajstić information content (AvgIpc) is 1.45. The molecule has 620 valence electrons. The van der Waals surface area contributed by atoms with Crippen molar-refractivity contribution >= 4 is 185 Å². The van der Waals surface area contributed by atoms with Crippen molar-refractivity contribution in [1.82, 2.24) is 18.3 Å². The highest BCUT2D eigenvalue weighted by Crippen LogP contribution is 2.62. The molecule has 12 aliphatic rings. The van der Waals surface area contributed by atoms with Gasteiger partial charge in [0.25, 0.3) is 28.8 Å². The fourth-order valence-electron chi connectivity index (χ4n) is 24.2. The summed E-state index contributed by atoms with van der Waals surface area (Å²) in [6, 6.07) is 116. The van der Waals surface area contributed by atoms with Gasteiger partial charge in [-0.15, -0.1) is 18.3 Å². The molecule has 20 heteroatoms. The summed E-state index contributed by atoms with van der Waals surface area (Å²) in [5, 5.41) is 48.3. The molecule has 0 saturated heterocycles. The molecule has 12 aliphatic heterocycles. The van der Waals surface area contributed by atoms with Crippen LogP contribution in [-0.4, -0.2) is 105 Å². The molecule has 0 radical (unpaired) electrons. The molecule has 2 atom stereocenters. The van der Waals surface area contributed by atoms with Gasteiger partial charge in [0, 0.05) is 43.8 Å². The number of aromatic nitrogens is 4. The number of nitrogens with zero attached hydrogens (tertiary/aromatic N) is 12. The van der Waals surface area contributed by atoms with Crippen LogP contribution < -0.4 is 26.5 Å². The van der Waals surface area contributed by atoms with E-state index in [1.54, 1.807) is 36.4 Å². The minimum atomic E-state index is -1.24. The number of carboxylic acid groups (broad SMARTS) is 3. The Bertz CT molecular complexity index is 9960. The van der Waals surface area contributed by atoms with Gasteiger partial charge < -0.3 is 20.1 Å². The summed E-state index contributed by atoms with van der Waals surface area (Å²) >= 11 is 0. The maximum absolute atomic E-state index is 12.4. The number of fused-ring (bicyclic) bond motifs is 28. The molecular formula is C114H60N12O8+4. The second-order valence-corrected chi connectivity index (χ2v) is 35.8. The van der Waals surface area contributed by atoms with Gasteiger partial charge in [0.1, 0.15) is 5.75 Å². The number of aromatic carboxylic acids is 3. The number of aliphatic imine (C=N–C) groups is 1. The summed E-state index contributed by atoms with van der Waals surface area (Å²) < 4.78 is 24.9. The average molecular weight is 1730 g/mol. The molecule has 16 heterocycles. The van der Waals surface area contributed by atoms with Gasteiger partial charge in [0.15, 0.2) is 22.8 Å². The van der Waals surface area contributed by atoms with Crippen LogP contribution in [-0.2, 0) is 16.6 Å². The van der Waals surface area contributed by atoms with Gasteiger partial charge in [0.2, 0.25) is 0 Å². The summed E-state index contributed by atoms with van der Waals surface area (Å²) in [6.07, 6.45) is 0. The predicted molar refractivity (Wildman–Crippen MR) is 511 cm³/mol. The smallest absolute Gasteiger partial charge is 0.441 e. The van der Waals surface area contributed by atoms with Crippen LogP contribution in [0.5, 0.6) is 5.75 Å². The number of benzene rings is 16. The number of carbonyl (C=O) groups excluding carboxylic acids is 1. The lowest BCUT2D eigenvalue weighted by Gasteiger charge is -2.43. The molecule has 3 N–H and O–H groups in total. The van der Waals surface area contributed by atoms with Crippen LogP contribution in [0, 0.1) is 0 Å². The van der Waals surface area contributed by atoms with E-state index in [1.165, 1.54) is 0 Å². The van der Waals surface area contributed by atoms with Gasteiger partial charge in [-0.25, -0.2) is 28.1 Å². The van der Waals surface area contributed by atoms with Crippen LogP contribution in [0.3, 0.4) is 0 Å². The summed E-state index contributed by atoms with van der Waals surface area (Å²) in [6.45, 7) is 0.455. The number of amidine groups is 4. The van der Waals surface area contributed by atoms with E-state index >= 15 is 0 Å². The minimum Gasteiger partial charge on any atom is -0.478 e. The van der Waals surface area contributed by atoms with Crippen molar-refractivity contribution in [3.63, 3.8) is 0 Å². The highest BCUT2D eigenvalue weighted by molar-refractivity contribution is 6.37. The zero-order valence-electron chi connectivity index (χ0n) is 70.2. The zero-order valence-corrected chi connectivity index (χ0v) is 70.2. The monoisotopic (exact) mass is 1720 g/mol. The standard InChI is InChI=1S/C57H29N6O4.C57H28N6O4/c64-29-67-37-23-21-31(22-24-37)46-48-38-13-5-7-15-40(38)52-58-54-44-27-35-11-3-1-9-33(35)25-42(44)50-47(30-17-19-32(20-18-30)56(65)66)51-43-26-34-10-2-4-12-36(34)28-45(43)55-59-53-41-16-8-6-14-39(41)49(46)61(53)57(60(48)52,62(50)54)63(51)55;64-55(65)31-21-17-29(18-22-31)45-47-37-13-5-6-14-38(37)48-46(30-19-23-32(24-20-30)56(66)67)50-41-25-33-9-1-2-10-34(33)26-42(41)52-59-54-44-28-36-12-4-3-11-35(36)27-43(44)53-58-51-40-16-8-7-15-39(40)49(45)61(51)57(60(47)48,62(50)52)63(53)54/h1-29H;1-28H/q+1;/p+3. The number of carbonyl (C=O) groups is 4. The van der Waals surface area contributed by atoms with Crippen LogP contribution in [0.1, 0.15) is 115 Å². The Morgan fingerprint density at radius 3 is 1.08 bits per heavy atom. The Balaban J connectivity index is 0.000000125. The van der Waals surface area contributed by atoms with Crippen molar-refractivity contribution in [2.75, 3.05) is 0 Å². The molecular weight excluding hydrogens is 1670 g/mol. The first kappa shape index (κ1) is 71.5. The molecule has 32 rings (SSSR count). The van der Waals surface area contributed by atoms with Crippen LogP contribution in [0.25, 0.3) is 126 Å². The van der Waals surface area contributed by atoms with Crippen molar-refractivity contribution in [2.24, 2.45) is 20.0 Å². The molecule has 4 aromatic heterocycles. The molecule has 0 saturated carbocycles. The highest BCUT2D eigenvalue weighted by Gasteiger charge is 2.74. The molecule has 2 spiro atoms. The fourth-order valence-corrected chi connectivity index (χ4v) is 24.2. The molecule has 0 bridgehead atoms. The first-order chi connectivity index (χ1) is 65.9. The number of carboxylic acids is 3. The summed E-state index contributed by atoms with van der Waals surface area (Å²) in [5.41, 5.74) is 25.2. The van der Waals surface area contributed by atoms with Gasteiger partial charge >= 0.3 is 53.1 Å². The van der Waals surface area contributed by atoms with Crippen LogP contribution in [0.4, 0.5) is 5.82 Å². The lowest BCUT2D eigenvalue weighted by atomic mass is 9.90. The second kappa shape index (κ2) is 24.6. The second-order valence-electron chi connectivity index (χ2n) is 35.8. The SMILES string of the molecule is O=C(O)c1ccc(C2=C3c4ccccc4C4=[N+]3C35n6c2c2ccccc2c6C(c2ccc(C(=O)O)cc2)=C2c6cc7ccccc7cc6C(=[N+]23)N=c2c3cc6ccccc6cc3c(n25)=N4)cc1.O=COc1ccc(C2=C3c4ccccc4C4=[N+]3C35n6c(c7ccccc7c62)N=C2c6cc7ccccc7cc6C(=[N+]23)C(c2ccc(C(=O)O)cc2)=c2c3cc6ccccc6cc3c(n25)=N4)cc1. The molecule has 20 nitrogen and oxygen atoms in total. The van der Waals surface area contributed by atoms with Crippen molar-refractivity contribution in [3.05, 3.63) is 462 Å². The third-order valence-electron chi connectivity index (χ3n) is 29.4. The maximum atomic E-state index is 12.4. The summed E-state index contributed by atoms with van der Waals surface area (Å²) in [5.74, 6) is -0.924. The Morgan fingerprint density at radius 1 is 0.291 bits per heavy atom. The Labute approximate surface area is 755 Å². The Morgan fingerprint density at radius 2 is 0.627 bits per heavy atom. The van der Waals surface area contributed by atoms with E-state index in [-0.39, 0.29) is 16.7 Å². The quantitative estimate of drug-likeness (QED) is 0.0930. The van der Waals surface area contributed by atoms with Gasteiger partial charge in [-0.3, -0.25) is 4.79 Å². The molecule has 2 unspecified atom stereocenters. The van der Waals surface area contributed by atoms with Crippen molar-refractivity contribution in [3.8, 4) is 5.75 Å². The molecule has 16 aromatic carbocycles. The Kier molecular flexibility index (Phi) is 13.1. The fraction of sp³-hybridized carbons (Fsp3) is 0.0175. The highest BCUT2D eigenvalue weighted by atomic mass is 16.5. The Hall–Kier alpha value is -18.6. The number of hydrogen-bond donors (Lipinski definition) is 3. The van der Waals surface area contributed by atoms with Gasteiger partial charge in [0.05, 0.1) is 105 Å². The van der Waals surface area contributed by atoms with Crippen molar-refractivity contribution in [1.29, 1.82) is 0 Å². The largest absolute Gasteiger partial charge is 0.478 e. The normalized spacial score (nSPS) is 17.5. The first-order valence-electron chi connectivity index (χ1n) is 44.4. The third-order valence-corrected chi connectivity index (χ3v) is 29.4. The molecule has 20 aromatic rings. The van der Waals surface area contributed by atoms with E-state index in [2.05, 4.69) is 279 Å². The molecule has 0 amide bonds. The topological polar surface area (TPSA) is 219 Å². The number of ether oxygens (including phenoxy) is 1. The number of rotatable bonds is 9. The predicted octanol–water partition coefficient (Wildman–Crippen LogP) is 17.8. The van der Waals surface area contributed by atoms with E-state index in [4.69, 9.17) is 24.7 Å². The molecule has 134 heavy (non-hydrogen) atoms. The van der Waals surface area contributed by atoms with Gasteiger partial charge in [-0.05, 0) is 213 Å². The summed E-state index contributed by atoms with van der Waals surface area (Å²) in [4.78, 5) is 72.0. The lowest BCUT2D eigenvalue weighted by Crippen LogP contribution is -2.71. The zero-order chi connectivity index (χ0) is 88.2. The third kappa shape index (κ3) is 8.43. The van der Waals surface area contributed by atoms with E-state index in [1.807, 2.05) is 60.7 Å². The lowest BCUT2D eigenvalue weighted by molar-refractivity contribution is -0.808. The van der Waals surface area contributed by atoms with Crippen LogP contribution in [0.15, 0.2) is 360 Å². The van der Waals surface area contributed by atoms with Crippen LogP contribution >= 0.6 is 0 Å². The van der Waals surface area contributed by atoms with E-state index in [0.29, 0.717) is 12.2 Å². The summed E-state index contributed by atoms with van der Waals surface area (Å²) in [7, 11) is 0. The van der Waals surface area contributed by atoms with E-state index in [9.17, 15) is 34.5 Å². The molecule has 0 fully saturated rings. The first-order valence-corrected chi connectivity index (χ1v) is 44.4. The van der Waals surface area contributed by atoms with Crippen LogP contribution in [0.2, 0.25) is 0 Å². The maximum Gasteiger partial charge on any atom is 0.441 e. The van der Waals surface area contributed by atoms with Gasteiger partial charge in [-0.2, -0.15) is 4.57 Å². The number of hydrogen-bond acceptors (Lipinski definition) is 9. The van der Waals surface area contributed by atoms with Crippen molar-refractivity contribution in [2.45, 2.75) is 11.8 Å². The molecule has 0 aliphatic carbocycles. The van der Waals surface area contributed by atoms with Gasteiger partial charge in [-0.1, -0.05) is 212 Å². The minimum absolute atomic E-state index is 0.199. The van der Waals surface area contributed by atoms with E-state index in [0.717, 1.165) is 266 Å². The van der Waals surface area contributed by atoms with E-state index < -0.39 is 29.7 Å².